The number of hydrogen-bond acceptors (Lipinski definition) is 2. The van der Waals surface area contributed by atoms with E-state index in [1.54, 1.807) is 11.8 Å². The topological polar surface area (TPSA) is 32.3 Å². The van der Waals surface area contributed by atoms with Gasteiger partial charge in [-0.05, 0) is 19.1 Å². The van der Waals surface area contributed by atoms with E-state index >= 15 is 0 Å². The minimum absolute atomic E-state index is 0. The maximum absolute atomic E-state index is 13.6. The fourth-order valence-electron chi connectivity index (χ4n) is 2.21. The Morgan fingerprint density at radius 3 is 2.32 bits per heavy atom. The Balaban J connectivity index is 0.00000180. The van der Waals surface area contributed by atoms with Crippen LogP contribution in [0.2, 0.25) is 0 Å². The number of carbonyl (C=O) groups is 1. The summed E-state index contributed by atoms with van der Waals surface area (Å²) < 4.78 is 27.2. The fourth-order valence-corrected chi connectivity index (χ4v) is 2.21. The molecular formula is C13H17ClF2N2O. The summed E-state index contributed by atoms with van der Waals surface area (Å²) in [5.41, 5.74) is -0.138. The van der Waals surface area contributed by atoms with E-state index in [1.165, 1.54) is 18.2 Å². The Morgan fingerprint density at radius 2 is 1.79 bits per heavy atom. The van der Waals surface area contributed by atoms with Crippen LogP contribution < -0.4 is 5.32 Å². The molecule has 0 aliphatic carbocycles. The molecule has 1 atom stereocenters. The number of nitrogens with one attached hydrogen (secondary N) is 1. The van der Waals surface area contributed by atoms with Crippen LogP contribution in [0.5, 0.6) is 0 Å². The number of rotatable bonds is 2. The SMILES string of the molecule is CC(C(=O)N1CCNCC1)c1c(F)cccc1F.Cl. The third kappa shape index (κ3) is 3.42. The standard InChI is InChI=1S/C13H16F2N2O.ClH/c1-9(12-10(14)3-2-4-11(12)15)13(18)17-7-5-16-6-8-17;/h2-4,9,16H,5-8H2,1H3;1H. The molecule has 106 valence electrons. The second-order valence-electron chi connectivity index (χ2n) is 4.43. The van der Waals surface area contributed by atoms with E-state index in [4.69, 9.17) is 0 Å². The molecule has 1 amide bonds. The molecular weight excluding hydrogens is 274 g/mol. The zero-order valence-corrected chi connectivity index (χ0v) is 11.5. The van der Waals surface area contributed by atoms with E-state index in [1.807, 2.05) is 0 Å². The molecule has 6 heteroatoms. The van der Waals surface area contributed by atoms with Gasteiger partial charge in [0, 0.05) is 31.7 Å². The molecule has 1 aliphatic heterocycles. The smallest absolute Gasteiger partial charge is 0.230 e. The van der Waals surface area contributed by atoms with Crippen molar-refractivity contribution in [2.45, 2.75) is 12.8 Å². The second kappa shape index (κ2) is 6.82. The van der Waals surface area contributed by atoms with Crippen LogP contribution in [0.15, 0.2) is 18.2 Å². The van der Waals surface area contributed by atoms with Gasteiger partial charge in [-0.15, -0.1) is 12.4 Å². The van der Waals surface area contributed by atoms with Crippen molar-refractivity contribution in [3.63, 3.8) is 0 Å². The van der Waals surface area contributed by atoms with Crippen LogP contribution in [0.3, 0.4) is 0 Å². The Hall–Kier alpha value is -1.20. The van der Waals surface area contributed by atoms with E-state index in [2.05, 4.69) is 5.32 Å². The van der Waals surface area contributed by atoms with Gasteiger partial charge in [-0.1, -0.05) is 6.07 Å². The van der Waals surface area contributed by atoms with Gasteiger partial charge in [-0.25, -0.2) is 8.78 Å². The van der Waals surface area contributed by atoms with Crippen molar-refractivity contribution < 1.29 is 13.6 Å². The van der Waals surface area contributed by atoms with Crippen molar-refractivity contribution in [1.29, 1.82) is 0 Å². The lowest BCUT2D eigenvalue weighted by Gasteiger charge is -2.30. The number of carbonyl (C=O) groups excluding carboxylic acids is 1. The van der Waals surface area contributed by atoms with Crippen molar-refractivity contribution in [2.24, 2.45) is 0 Å². The molecule has 1 saturated heterocycles. The van der Waals surface area contributed by atoms with E-state index < -0.39 is 17.6 Å². The summed E-state index contributed by atoms with van der Waals surface area (Å²) in [6, 6.07) is 3.66. The molecule has 1 aliphatic rings. The summed E-state index contributed by atoms with van der Waals surface area (Å²) in [7, 11) is 0. The third-order valence-electron chi connectivity index (χ3n) is 3.23. The molecule has 0 aromatic heterocycles. The average Bonchev–Trinajstić information content (AvgIpc) is 2.38. The zero-order valence-electron chi connectivity index (χ0n) is 10.7. The highest BCUT2D eigenvalue weighted by molar-refractivity contribution is 5.85. The van der Waals surface area contributed by atoms with Gasteiger partial charge in [0.15, 0.2) is 0 Å². The number of hydrogen-bond donors (Lipinski definition) is 1. The fraction of sp³-hybridized carbons (Fsp3) is 0.462. The van der Waals surface area contributed by atoms with Crippen LogP contribution in [-0.4, -0.2) is 37.0 Å². The molecule has 1 unspecified atom stereocenters. The first kappa shape index (κ1) is 15.9. The second-order valence-corrected chi connectivity index (χ2v) is 4.43. The molecule has 1 heterocycles. The predicted molar refractivity (Wildman–Crippen MR) is 71.5 cm³/mol. The molecule has 19 heavy (non-hydrogen) atoms. The van der Waals surface area contributed by atoms with E-state index in [9.17, 15) is 13.6 Å². The van der Waals surface area contributed by atoms with E-state index in [0.717, 1.165) is 13.1 Å². The van der Waals surface area contributed by atoms with Crippen molar-refractivity contribution in [3.8, 4) is 0 Å². The molecule has 1 fully saturated rings. The number of halogens is 3. The molecule has 3 nitrogen and oxygen atoms in total. The van der Waals surface area contributed by atoms with Crippen LogP contribution in [0, 0.1) is 11.6 Å². The molecule has 1 N–H and O–H groups in total. The number of benzene rings is 1. The Labute approximate surface area is 117 Å². The van der Waals surface area contributed by atoms with Crippen LogP contribution in [0.25, 0.3) is 0 Å². The van der Waals surface area contributed by atoms with Crippen molar-refractivity contribution in [3.05, 3.63) is 35.4 Å². The lowest BCUT2D eigenvalue weighted by Crippen LogP contribution is -2.47. The van der Waals surface area contributed by atoms with E-state index in [0.29, 0.717) is 13.1 Å². The highest BCUT2D eigenvalue weighted by Crippen LogP contribution is 2.24. The summed E-state index contributed by atoms with van der Waals surface area (Å²) in [6.07, 6.45) is 0. The maximum atomic E-state index is 13.6. The summed E-state index contributed by atoms with van der Waals surface area (Å²) in [5, 5.41) is 3.13. The zero-order chi connectivity index (χ0) is 13.1. The Bertz CT molecular complexity index is 430. The summed E-state index contributed by atoms with van der Waals surface area (Å²) in [5.74, 6) is -2.33. The first-order valence-corrected chi connectivity index (χ1v) is 6.04. The van der Waals surface area contributed by atoms with E-state index in [-0.39, 0.29) is 23.9 Å². The van der Waals surface area contributed by atoms with Gasteiger partial charge in [0.2, 0.25) is 5.91 Å². The molecule has 0 spiro atoms. The number of nitrogens with zero attached hydrogens (tertiary/aromatic N) is 1. The summed E-state index contributed by atoms with van der Waals surface area (Å²) >= 11 is 0. The molecule has 0 bridgehead atoms. The quantitative estimate of drug-likeness (QED) is 0.902. The monoisotopic (exact) mass is 290 g/mol. The predicted octanol–water partition coefficient (Wildman–Crippen LogP) is 1.92. The molecule has 1 aromatic rings. The van der Waals surface area contributed by atoms with Crippen molar-refractivity contribution in [1.82, 2.24) is 10.2 Å². The number of piperazine rings is 1. The van der Waals surface area contributed by atoms with Crippen molar-refractivity contribution in [2.75, 3.05) is 26.2 Å². The van der Waals surface area contributed by atoms with Gasteiger partial charge in [0.05, 0.1) is 5.92 Å². The Kier molecular flexibility index (Phi) is 5.69. The van der Waals surface area contributed by atoms with Crippen LogP contribution in [-0.2, 0) is 4.79 Å². The van der Waals surface area contributed by atoms with Crippen LogP contribution >= 0.6 is 12.4 Å². The highest BCUT2D eigenvalue weighted by atomic mass is 35.5. The van der Waals surface area contributed by atoms with Gasteiger partial charge >= 0.3 is 0 Å². The van der Waals surface area contributed by atoms with Gasteiger partial charge in [0.25, 0.3) is 0 Å². The van der Waals surface area contributed by atoms with Crippen LogP contribution in [0.4, 0.5) is 8.78 Å². The van der Waals surface area contributed by atoms with Gasteiger partial charge < -0.3 is 10.2 Å². The lowest BCUT2D eigenvalue weighted by molar-refractivity contribution is -0.133. The molecule has 0 radical (unpaired) electrons. The molecule has 2 rings (SSSR count). The van der Waals surface area contributed by atoms with Gasteiger partial charge in [-0.2, -0.15) is 0 Å². The largest absolute Gasteiger partial charge is 0.340 e. The maximum Gasteiger partial charge on any atom is 0.230 e. The number of amides is 1. The minimum Gasteiger partial charge on any atom is -0.340 e. The first-order chi connectivity index (χ1) is 8.61. The van der Waals surface area contributed by atoms with Crippen molar-refractivity contribution >= 4 is 18.3 Å². The normalized spacial score (nSPS) is 16.7. The minimum atomic E-state index is -0.788. The third-order valence-corrected chi connectivity index (χ3v) is 3.23. The lowest BCUT2D eigenvalue weighted by atomic mass is 9.98. The van der Waals surface area contributed by atoms with Gasteiger partial charge in [-0.3, -0.25) is 4.79 Å². The Morgan fingerprint density at radius 1 is 1.26 bits per heavy atom. The molecule has 0 saturated carbocycles. The van der Waals surface area contributed by atoms with Gasteiger partial charge in [0.1, 0.15) is 11.6 Å². The highest BCUT2D eigenvalue weighted by Gasteiger charge is 2.27. The summed E-state index contributed by atoms with van der Waals surface area (Å²) in [4.78, 5) is 13.8. The summed E-state index contributed by atoms with van der Waals surface area (Å²) in [6.45, 7) is 4.15. The van der Waals surface area contributed by atoms with Crippen LogP contribution in [0.1, 0.15) is 18.4 Å². The average molecular weight is 291 g/mol. The molecule has 1 aromatic carbocycles. The first-order valence-electron chi connectivity index (χ1n) is 6.04.